The summed E-state index contributed by atoms with van der Waals surface area (Å²) < 4.78 is 10.1. The van der Waals surface area contributed by atoms with Crippen LogP contribution in [-0.2, 0) is 0 Å². The zero-order valence-corrected chi connectivity index (χ0v) is 11.1. The van der Waals surface area contributed by atoms with Crippen molar-refractivity contribution in [3.8, 4) is 11.5 Å². The minimum absolute atomic E-state index is 0.0195. The van der Waals surface area contributed by atoms with E-state index in [2.05, 4.69) is 31.2 Å². The molecule has 0 unspecified atom stereocenters. The number of benzene rings is 1. The highest BCUT2D eigenvalue weighted by atomic mass is 16.6. The van der Waals surface area contributed by atoms with Gasteiger partial charge in [-0.15, -0.1) is 5.10 Å². The Morgan fingerprint density at radius 1 is 1.43 bits per heavy atom. The van der Waals surface area contributed by atoms with Gasteiger partial charge < -0.3 is 9.47 Å². The molecule has 21 heavy (non-hydrogen) atoms. The largest absolute Gasteiger partial charge is 0.493 e. The van der Waals surface area contributed by atoms with Gasteiger partial charge in [-0.05, 0) is 17.3 Å². The number of hydrazone groups is 1. The van der Waals surface area contributed by atoms with Crippen molar-refractivity contribution in [1.82, 2.24) is 20.6 Å². The van der Waals surface area contributed by atoms with Gasteiger partial charge in [0.05, 0.1) is 30.9 Å². The number of hydrogen-bond donors (Lipinski definition) is 2. The number of anilines is 1. The van der Waals surface area contributed by atoms with Gasteiger partial charge in [0.2, 0.25) is 5.75 Å². The molecular formula is C10H11N7O4. The van der Waals surface area contributed by atoms with Gasteiger partial charge in [-0.25, -0.2) is 5.43 Å². The number of aromatic amines is 1. The van der Waals surface area contributed by atoms with Gasteiger partial charge in [-0.3, -0.25) is 10.1 Å². The molecule has 11 heteroatoms. The summed E-state index contributed by atoms with van der Waals surface area (Å²) in [7, 11) is 2.72. The van der Waals surface area contributed by atoms with Gasteiger partial charge in [-0.2, -0.15) is 10.3 Å². The second-order valence-corrected chi connectivity index (χ2v) is 3.60. The summed E-state index contributed by atoms with van der Waals surface area (Å²) in [5.74, 6) is 0.410. The van der Waals surface area contributed by atoms with E-state index in [4.69, 9.17) is 9.47 Å². The van der Waals surface area contributed by atoms with Crippen LogP contribution >= 0.6 is 0 Å². The average molecular weight is 293 g/mol. The first-order valence-corrected chi connectivity index (χ1v) is 5.59. The van der Waals surface area contributed by atoms with Crippen LogP contribution in [-0.4, -0.2) is 46.0 Å². The summed E-state index contributed by atoms with van der Waals surface area (Å²) in [6.07, 6.45) is 1.25. The van der Waals surface area contributed by atoms with Gasteiger partial charge in [0.1, 0.15) is 0 Å². The molecule has 0 radical (unpaired) electrons. The monoisotopic (exact) mass is 293 g/mol. The van der Waals surface area contributed by atoms with Crippen molar-refractivity contribution in [1.29, 1.82) is 0 Å². The highest BCUT2D eigenvalue weighted by Gasteiger charge is 2.24. The van der Waals surface area contributed by atoms with Gasteiger partial charge >= 0.3 is 5.69 Å². The molecule has 110 valence electrons. The number of nitro groups is 1. The highest BCUT2D eigenvalue weighted by molar-refractivity contribution is 5.88. The summed E-state index contributed by atoms with van der Waals surface area (Å²) in [5, 5.41) is 27.8. The maximum Gasteiger partial charge on any atom is 0.323 e. The molecule has 0 atom stereocenters. The van der Waals surface area contributed by atoms with Crippen molar-refractivity contribution < 1.29 is 14.4 Å². The molecule has 0 saturated carbocycles. The van der Waals surface area contributed by atoms with Crippen LogP contribution in [0, 0.1) is 10.1 Å². The predicted molar refractivity (Wildman–Crippen MR) is 71.6 cm³/mol. The number of nitro benzene ring substituents is 1. The van der Waals surface area contributed by atoms with E-state index in [1.54, 1.807) is 6.07 Å². The first-order chi connectivity index (χ1) is 10.2. The smallest absolute Gasteiger partial charge is 0.323 e. The van der Waals surface area contributed by atoms with Gasteiger partial charge in [0, 0.05) is 0 Å². The summed E-state index contributed by atoms with van der Waals surface area (Å²) in [6.45, 7) is 0. The first kappa shape index (κ1) is 14.2. The van der Waals surface area contributed by atoms with Crippen molar-refractivity contribution in [2.75, 3.05) is 19.6 Å². The van der Waals surface area contributed by atoms with E-state index in [0.717, 1.165) is 0 Å². The third kappa shape index (κ3) is 3.02. The van der Waals surface area contributed by atoms with Crippen LogP contribution in [0.2, 0.25) is 0 Å². The number of nitrogens with zero attached hydrogens (tertiary/aromatic N) is 5. The van der Waals surface area contributed by atoms with Crippen molar-refractivity contribution in [3.63, 3.8) is 0 Å². The fourth-order valence-corrected chi connectivity index (χ4v) is 1.59. The van der Waals surface area contributed by atoms with Crippen LogP contribution in [0.5, 0.6) is 11.5 Å². The minimum Gasteiger partial charge on any atom is -0.493 e. The molecule has 0 aliphatic heterocycles. The van der Waals surface area contributed by atoms with E-state index in [-0.39, 0.29) is 28.7 Å². The summed E-state index contributed by atoms with van der Waals surface area (Å²) in [5.41, 5.74) is 2.44. The Morgan fingerprint density at radius 3 is 2.81 bits per heavy atom. The molecule has 0 saturated heterocycles. The molecule has 2 N–H and O–H groups in total. The quantitative estimate of drug-likeness (QED) is 0.447. The lowest BCUT2D eigenvalue weighted by atomic mass is 10.1. The minimum atomic E-state index is -0.572. The molecule has 0 spiro atoms. The van der Waals surface area contributed by atoms with Crippen molar-refractivity contribution >= 4 is 17.9 Å². The molecule has 0 amide bonds. The van der Waals surface area contributed by atoms with E-state index in [1.807, 2.05) is 0 Å². The second-order valence-electron chi connectivity index (χ2n) is 3.60. The van der Waals surface area contributed by atoms with Crippen LogP contribution < -0.4 is 14.9 Å². The SMILES string of the molecule is COc1ccc(/C=N/Nc2nn[nH]n2)c([N+](=O)[O-])c1OC. The normalized spacial score (nSPS) is 10.6. The molecule has 11 nitrogen and oxygen atoms in total. The Balaban J connectivity index is 2.34. The van der Waals surface area contributed by atoms with Crippen molar-refractivity contribution in [2.24, 2.45) is 5.10 Å². The summed E-state index contributed by atoms with van der Waals surface area (Å²) >= 11 is 0. The van der Waals surface area contributed by atoms with E-state index in [0.29, 0.717) is 0 Å². The fraction of sp³-hybridized carbons (Fsp3) is 0.200. The molecule has 0 aliphatic carbocycles. The number of tetrazole rings is 1. The second kappa shape index (κ2) is 6.27. The van der Waals surface area contributed by atoms with E-state index in [1.165, 1.54) is 26.5 Å². The van der Waals surface area contributed by atoms with Gasteiger partial charge in [0.15, 0.2) is 5.75 Å². The summed E-state index contributed by atoms with van der Waals surface area (Å²) in [6, 6.07) is 3.03. The number of nitrogens with one attached hydrogen (secondary N) is 2. The number of H-pyrrole nitrogens is 1. The molecule has 0 bridgehead atoms. The lowest BCUT2D eigenvalue weighted by Gasteiger charge is -2.08. The molecule has 1 heterocycles. The third-order valence-corrected chi connectivity index (χ3v) is 2.45. The van der Waals surface area contributed by atoms with Crippen LogP contribution in [0.25, 0.3) is 0 Å². The van der Waals surface area contributed by atoms with E-state index < -0.39 is 4.92 Å². The molecule has 0 aliphatic rings. The van der Waals surface area contributed by atoms with Crippen molar-refractivity contribution in [3.05, 3.63) is 27.8 Å². The lowest BCUT2D eigenvalue weighted by Crippen LogP contribution is -2.02. The van der Waals surface area contributed by atoms with Crippen LogP contribution in [0.1, 0.15) is 5.56 Å². The highest BCUT2D eigenvalue weighted by Crippen LogP contribution is 2.38. The number of rotatable bonds is 6. The summed E-state index contributed by atoms with van der Waals surface area (Å²) in [4.78, 5) is 10.6. The van der Waals surface area contributed by atoms with Crippen LogP contribution in [0.15, 0.2) is 17.2 Å². The van der Waals surface area contributed by atoms with Gasteiger partial charge in [-0.1, -0.05) is 5.10 Å². The molecule has 2 aromatic rings. The fourth-order valence-electron chi connectivity index (χ4n) is 1.59. The number of hydrogen-bond acceptors (Lipinski definition) is 9. The average Bonchev–Trinajstić information content (AvgIpc) is 2.99. The first-order valence-electron chi connectivity index (χ1n) is 5.59. The standard InChI is InChI=1S/C10H11N7O4/c1-20-7-4-3-6(8(17(18)19)9(7)21-2)5-11-12-10-13-15-16-14-10/h3-5H,1-2H3,(H2,12,13,14,15,16)/b11-5+. The Bertz CT molecular complexity index is 656. The van der Waals surface area contributed by atoms with E-state index >= 15 is 0 Å². The maximum absolute atomic E-state index is 11.2. The van der Waals surface area contributed by atoms with Gasteiger partial charge in [0.25, 0.3) is 5.95 Å². The maximum atomic E-state index is 11.2. The van der Waals surface area contributed by atoms with Crippen LogP contribution in [0.4, 0.5) is 11.6 Å². The van der Waals surface area contributed by atoms with Crippen LogP contribution in [0.3, 0.4) is 0 Å². The Morgan fingerprint density at radius 2 is 2.24 bits per heavy atom. The number of ether oxygens (including phenoxy) is 2. The Labute approximate surface area is 118 Å². The number of methoxy groups -OCH3 is 2. The molecule has 2 rings (SSSR count). The third-order valence-electron chi connectivity index (χ3n) is 2.45. The Hall–Kier alpha value is -3.24. The number of aromatic nitrogens is 4. The molecule has 0 fully saturated rings. The Kier molecular flexibility index (Phi) is 4.23. The molecule has 1 aromatic heterocycles. The van der Waals surface area contributed by atoms with Crippen molar-refractivity contribution in [2.45, 2.75) is 0 Å². The predicted octanol–water partition coefficient (Wildman–Crippen LogP) is 0.571. The molecule has 1 aromatic carbocycles. The zero-order chi connectivity index (χ0) is 15.2. The topological polar surface area (TPSA) is 140 Å². The zero-order valence-electron chi connectivity index (χ0n) is 11.1. The van der Waals surface area contributed by atoms with E-state index in [9.17, 15) is 10.1 Å². The molecular weight excluding hydrogens is 282 g/mol. The lowest BCUT2D eigenvalue weighted by molar-refractivity contribution is -0.385.